The highest BCUT2D eigenvalue weighted by Gasteiger charge is 2.21. The summed E-state index contributed by atoms with van der Waals surface area (Å²) in [4.78, 5) is 23.1. The first-order valence-corrected chi connectivity index (χ1v) is 8.18. The summed E-state index contributed by atoms with van der Waals surface area (Å²) in [5, 5.41) is 3.40. The highest BCUT2D eigenvalue weighted by atomic mass is 19.1. The average Bonchev–Trinajstić information content (AvgIpc) is 2.64. The van der Waals surface area contributed by atoms with Gasteiger partial charge in [0.25, 0.3) is 5.56 Å². The molecule has 0 spiro atoms. The van der Waals surface area contributed by atoms with Crippen molar-refractivity contribution in [1.29, 1.82) is 0 Å². The van der Waals surface area contributed by atoms with Crippen LogP contribution in [0.1, 0.15) is 18.4 Å². The zero-order chi connectivity index (χ0) is 19.0. The van der Waals surface area contributed by atoms with Gasteiger partial charge < -0.3 is 10.3 Å². The van der Waals surface area contributed by atoms with Crippen molar-refractivity contribution >= 4 is 28.1 Å². The van der Waals surface area contributed by atoms with E-state index in [4.69, 9.17) is 0 Å². The number of allylic oxidation sites excluding steroid dienone is 4. The molecule has 0 aromatic carbocycles. The molecule has 3 aromatic rings. The van der Waals surface area contributed by atoms with Crippen LogP contribution in [0.3, 0.4) is 0 Å². The first-order chi connectivity index (χ1) is 13.0. The zero-order valence-electron chi connectivity index (χ0n) is 13.9. The third-order valence-corrected chi connectivity index (χ3v) is 4.18. The fourth-order valence-corrected chi connectivity index (χ4v) is 2.89. The summed E-state index contributed by atoms with van der Waals surface area (Å²) in [6.07, 6.45) is 4.12. The van der Waals surface area contributed by atoms with Crippen LogP contribution in [0.25, 0.3) is 16.5 Å². The molecule has 5 nitrogen and oxygen atoms in total. The van der Waals surface area contributed by atoms with Crippen LogP contribution in [-0.2, 0) is 0 Å². The SMILES string of the molecule is O=c1[nH]c2cc(Nc3ccc(F)cn3)ncc2cc1C1=C(F)CCC=C1F. The van der Waals surface area contributed by atoms with Gasteiger partial charge in [0, 0.05) is 24.1 Å². The molecule has 3 aromatic heterocycles. The van der Waals surface area contributed by atoms with Gasteiger partial charge in [0.1, 0.15) is 29.1 Å². The van der Waals surface area contributed by atoms with Crippen molar-refractivity contribution in [3.8, 4) is 0 Å². The molecule has 8 heteroatoms. The summed E-state index contributed by atoms with van der Waals surface area (Å²) >= 11 is 0. The second-order valence-corrected chi connectivity index (χ2v) is 6.03. The fraction of sp³-hybridized carbons (Fsp3) is 0.105. The second kappa shape index (κ2) is 6.71. The van der Waals surface area contributed by atoms with Gasteiger partial charge in [0.15, 0.2) is 0 Å². The lowest BCUT2D eigenvalue weighted by Crippen LogP contribution is -2.14. The Morgan fingerprint density at radius 3 is 2.59 bits per heavy atom. The Morgan fingerprint density at radius 2 is 1.85 bits per heavy atom. The molecule has 0 atom stereocenters. The van der Waals surface area contributed by atoms with E-state index in [0.717, 1.165) is 6.20 Å². The third-order valence-electron chi connectivity index (χ3n) is 4.18. The van der Waals surface area contributed by atoms with Gasteiger partial charge in [0.05, 0.1) is 22.9 Å². The first-order valence-electron chi connectivity index (χ1n) is 8.18. The van der Waals surface area contributed by atoms with E-state index in [1.54, 1.807) is 6.07 Å². The van der Waals surface area contributed by atoms with Crippen LogP contribution in [0, 0.1) is 5.82 Å². The predicted molar refractivity (Wildman–Crippen MR) is 96.3 cm³/mol. The number of nitrogens with one attached hydrogen (secondary N) is 2. The van der Waals surface area contributed by atoms with Crippen LogP contribution >= 0.6 is 0 Å². The molecule has 2 N–H and O–H groups in total. The van der Waals surface area contributed by atoms with Crippen molar-refractivity contribution in [2.45, 2.75) is 12.8 Å². The average molecular weight is 370 g/mol. The number of rotatable bonds is 3. The van der Waals surface area contributed by atoms with Crippen molar-refractivity contribution in [2.75, 3.05) is 5.32 Å². The molecule has 0 amide bonds. The van der Waals surface area contributed by atoms with Crippen molar-refractivity contribution in [3.05, 3.63) is 76.1 Å². The van der Waals surface area contributed by atoms with Gasteiger partial charge in [-0.25, -0.2) is 23.1 Å². The molecule has 0 saturated heterocycles. The zero-order valence-corrected chi connectivity index (χ0v) is 13.9. The number of pyridine rings is 3. The van der Waals surface area contributed by atoms with Crippen LogP contribution in [0.2, 0.25) is 0 Å². The highest BCUT2D eigenvalue weighted by molar-refractivity contribution is 5.87. The Kier molecular flexibility index (Phi) is 4.23. The minimum Gasteiger partial charge on any atom is -0.325 e. The molecule has 1 aliphatic carbocycles. The van der Waals surface area contributed by atoms with Crippen LogP contribution < -0.4 is 10.9 Å². The first kappa shape index (κ1) is 17.0. The molecular weight excluding hydrogens is 357 g/mol. The van der Waals surface area contributed by atoms with Crippen molar-refractivity contribution < 1.29 is 13.2 Å². The van der Waals surface area contributed by atoms with Crippen LogP contribution in [0.5, 0.6) is 0 Å². The van der Waals surface area contributed by atoms with Gasteiger partial charge in [-0.1, -0.05) is 0 Å². The Balaban J connectivity index is 1.73. The van der Waals surface area contributed by atoms with E-state index in [-0.39, 0.29) is 24.0 Å². The quantitative estimate of drug-likeness (QED) is 0.711. The van der Waals surface area contributed by atoms with Gasteiger partial charge in [-0.15, -0.1) is 0 Å². The van der Waals surface area contributed by atoms with E-state index >= 15 is 0 Å². The number of hydrogen-bond donors (Lipinski definition) is 2. The lowest BCUT2D eigenvalue weighted by atomic mass is 9.97. The highest BCUT2D eigenvalue weighted by Crippen LogP contribution is 2.34. The molecule has 0 unspecified atom stereocenters. The second-order valence-electron chi connectivity index (χ2n) is 6.03. The lowest BCUT2D eigenvalue weighted by Gasteiger charge is -2.12. The Bertz CT molecular complexity index is 1150. The van der Waals surface area contributed by atoms with Crippen LogP contribution in [-0.4, -0.2) is 15.0 Å². The standard InChI is InChI=1S/C19H13F3N4O/c20-11-4-5-16(24-9-11)26-17-7-15-10(8-23-17)6-12(19(27)25-15)18-13(21)2-1-3-14(18)22/h2,4-9H,1,3H2,(H,25,27)(H,23,24,26). The van der Waals surface area contributed by atoms with Crippen molar-refractivity contribution in [3.63, 3.8) is 0 Å². The summed E-state index contributed by atoms with van der Waals surface area (Å²) in [5.41, 5.74) is -0.544. The third kappa shape index (κ3) is 3.33. The van der Waals surface area contributed by atoms with E-state index < -0.39 is 23.0 Å². The topological polar surface area (TPSA) is 70.7 Å². The number of halogens is 3. The van der Waals surface area contributed by atoms with E-state index in [0.29, 0.717) is 22.5 Å². The number of fused-ring (bicyclic) bond motifs is 1. The molecule has 136 valence electrons. The van der Waals surface area contributed by atoms with E-state index in [9.17, 15) is 18.0 Å². The smallest absolute Gasteiger partial charge is 0.256 e. The van der Waals surface area contributed by atoms with E-state index in [1.165, 1.54) is 30.5 Å². The number of aromatic nitrogens is 3. The summed E-state index contributed by atoms with van der Waals surface area (Å²) in [6.45, 7) is 0. The molecule has 0 fully saturated rings. The fourth-order valence-electron chi connectivity index (χ4n) is 2.89. The number of anilines is 2. The summed E-state index contributed by atoms with van der Waals surface area (Å²) in [7, 11) is 0. The predicted octanol–water partition coefficient (Wildman–Crippen LogP) is 4.53. The summed E-state index contributed by atoms with van der Waals surface area (Å²) < 4.78 is 41.1. The van der Waals surface area contributed by atoms with Gasteiger partial charge in [-0.3, -0.25) is 4.79 Å². The Morgan fingerprint density at radius 1 is 1.04 bits per heavy atom. The lowest BCUT2D eigenvalue weighted by molar-refractivity contribution is 0.567. The maximum atomic E-state index is 14.1. The maximum absolute atomic E-state index is 14.1. The molecule has 0 saturated carbocycles. The summed E-state index contributed by atoms with van der Waals surface area (Å²) in [6, 6.07) is 5.66. The largest absolute Gasteiger partial charge is 0.325 e. The Labute approximate surface area is 151 Å². The molecule has 1 aliphatic rings. The monoisotopic (exact) mass is 370 g/mol. The van der Waals surface area contributed by atoms with E-state index in [2.05, 4.69) is 20.3 Å². The van der Waals surface area contributed by atoms with Gasteiger partial charge >= 0.3 is 0 Å². The van der Waals surface area contributed by atoms with Crippen molar-refractivity contribution in [2.24, 2.45) is 0 Å². The molecule has 0 radical (unpaired) electrons. The van der Waals surface area contributed by atoms with Crippen LogP contribution in [0.15, 0.2) is 59.2 Å². The van der Waals surface area contributed by atoms with Crippen molar-refractivity contribution in [1.82, 2.24) is 15.0 Å². The maximum Gasteiger partial charge on any atom is 0.256 e. The number of nitrogens with zero attached hydrogens (tertiary/aromatic N) is 2. The van der Waals surface area contributed by atoms with E-state index in [1.807, 2.05) is 0 Å². The van der Waals surface area contributed by atoms with Gasteiger partial charge in [-0.2, -0.15) is 0 Å². The number of hydrogen-bond acceptors (Lipinski definition) is 4. The molecular formula is C19H13F3N4O. The minimum absolute atomic E-state index is 0.0615. The molecule has 4 rings (SSSR count). The minimum atomic E-state index is -0.739. The Hall–Kier alpha value is -3.42. The van der Waals surface area contributed by atoms with Crippen LogP contribution in [0.4, 0.5) is 24.8 Å². The number of H-pyrrole nitrogens is 1. The molecule has 0 aliphatic heterocycles. The van der Waals surface area contributed by atoms with Gasteiger partial charge in [-0.05, 0) is 30.7 Å². The number of aromatic amines is 1. The molecule has 3 heterocycles. The van der Waals surface area contributed by atoms with Gasteiger partial charge in [0.2, 0.25) is 0 Å². The summed E-state index contributed by atoms with van der Waals surface area (Å²) in [5.74, 6) is -1.09. The normalized spacial score (nSPS) is 14.4. The molecule has 0 bridgehead atoms. The molecule has 27 heavy (non-hydrogen) atoms.